The molecule has 26 heavy (non-hydrogen) atoms. The molecule has 2 heterocycles. The molecule has 3 atom stereocenters. The van der Waals surface area contributed by atoms with Gasteiger partial charge in [0.05, 0.1) is 18.1 Å². The molecule has 0 saturated carbocycles. The molecule has 2 fully saturated rings. The van der Waals surface area contributed by atoms with Crippen molar-refractivity contribution in [3.8, 4) is 0 Å². The van der Waals surface area contributed by atoms with Gasteiger partial charge in [-0.25, -0.2) is 4.79 Å². The molecule has 1 aromatic carbocycles. The monoisotopic (exact) mass is 385 g/mol. The number of urea groups is 1. The predicted octanol–water partition coefficient (Wildman–Crippen LogP) is -2.28. The van der Waals surface area contributed by atoms with Gasteiger partial charge in [0.1, 0.15) is 0 Å². The number of hydrogen-bond acceptors (Lipinski definition) is 5. The first kappa shape index (κ1) is 21.1. The van der Waals surface area contributed by atoms with Crippen LogP contribution in [0.5, 0.6) is 0 Å². The van der Waals surface area contributed by atoms with Crippen molar-refractivity contribution in [2.75, 3.05) is 11.1 Å². The van der Waals surface area contributed by atoms with Crippen LogP contribution in [-0.4, -0.2) is 41.0 Å². The maximum Gasteiger partial charge on any atom is 1.00 e. The van der Waals surface area contributed by atoms with Crippen LogP contribution in [0.4, 0.5) is 10.5 Å². The quantitative estimate of drug-likeness (QED) is 0.278. The molecule has 9 heteroatoms. The van der Waals surface area contributed by atoms with Crippen molar-refractivity contribution in [2.45, 2.75) is 43.0 Å². The van der Waals surface area contributed by atoms with E-state index in [-0.39, 0.29) is 59.1 Å². The SMILES string of the molecule is O=C(CCCC[C@@H]1SC[C@@H]2NC(=O)N[C@H]21)Nc1ccc(C(=O)[O-])cc1.[Na+]. The molecule has 1 aromatic rings. The van der Waals surface area contributed by atoms with Gasteiger partial charge in [0, 0.05) is 23.1 Å². The van der Waals surface area contributed by atoms with Crippen LogP contribution in [0.25, 0.3) is 0 Å². The Hall–Kier alpha value is -1.22. The van der Waals surface area contributed by atoms with Crippen molar-refractivity contribution in [1.82, 2.24) is 10.6 Å². The van der Waals surface area contributed by atoms with Gasteiger partial charge in [-0.1, -0.05) is 18.6 Å². The van der Waals surface area contributed by atoms with E-state index in [9.17, 15) is 19.5 Å². The smallest absolute Gasteiger partial charge is 0.545 e. The third kappa shape index (κ3) is 5.39. The Kier molecular flexibility index (Phi) is 7.82. The summed E-state index contributed by atoms with van der Waals surface area (Å²) in [6.45, 7) is 0. The summed E-state index contributed by atoms with van der Waals surface area (Å²) in [5.74, 6) is -0.385. The number of anilines is 1. The molecule has 0 radical (unpaired) electrons. The van der Waals surface area contributed by atoms with E-state index in [1.807, 2.05) is 11.8 Å². The first-order valence-corrected chi connectivity index (χ1v) is 9.38. The van der Waals surface area contributed by atoms with Crippen molar-refractivity contribution in [3.05, 3.63) is 29.8 Å². The number of thioether (sulfide) groups is 1. The Morgan fingerprint density at radius 2 is 1.92 bits per heavy atom. The number of carboxylic acid groups (broad SMARTS) is 1. The molecule has 3 amide bonds. The van der Waals surface area contributed by atoms with Crippen LogP contribution >= 0.6 is 11.8 Å². The molecule has 0 bridgehead atoms. The topological polar surface area (TPSA) is 110 Å². The Bertz CT molecular complexity index is 670. The number of aromatic carboxylic acids is 1. The van der Waals surface area contributed by atoms with Crippen LogP contribution in [-0.2, 0) is 4.79 Å². The summed E-state index contributed by atoms with van der Waals surface area (Å²) < 4.78 is 0. The second-order valence-electron chi connectivity index (χ2n) is 6.28. The van der Waals surface area contributed by atoms with Gasteiger partial charge in [-0.2, -0.15) is 11.8 Å². The van der Waals surface area contributed by atoms with E-state index < -0.39 is 5.97 Å². The Morgan fingerprint density at radius 3 is 2.62 bits per heavy atom. The van der Waals surface area contributed by atoms with E-state index >= 15 is 0 Å². The summed E-state index contributed by atoms with van der Waals surface area (Å²) in [6, 6.07) is 6.26. The van der Waals surface area contributed by atoms with Gasteiger partial charge in [-0.15, -0.1) is 0 Å². The minimum atomic E-state index is -1.24. The molecular formula is C17H20N3NaO4S. The maximum absolute atomic E-state index is 11.9. The van der Waals surface area contributed by atoms with E-state index in [1.54, 1.807) is 12.1 Å². The minimum absolute atomic E-state index is 0. The van der Waals surface area contributed by atoms with Crippen molar-refractivity contribution in [2.24, 2.45) is 0 Å². The van der Waals surface area contributed by atoms with Gasteiger partial charge in [0.25, 0.3) is 0 Å². The number of carbonyl (C=O) groups excluding carboxylic acids is 3. The van der Waals surface area contributed by atoms with Crippen molar-refractivity contribution in [3.63, 3.8) is 0 Å². The van der Waals surface area contributed by atoms with E-state index in [1.165, 1.54) is 12.1 Å². The molecule has 0 unspecified atom stereocenters. The van der Waals surface area contributed by atoms with Gasteiger partial charge in [-0.05, 0) is 30.5 Å². The third-order valence-electron chi connectivity index (χ3n) is 4.48. The van der Waals surface area contributed by atoms with Crippen LogP contribution in [0, 0.1) is 0 Å². The fourth-order valence-electron chi connectivity index (χ4n) is 3.19. The molecule has 0 spiro atoms. The number of unbranched alkanes of at least 4 members (excludes halogenated alkanes) is 1. The largest absolute Gasteiger partial charge is 1.00 e. The first-order valence-electron chi connectivity index (χ1n) is 8.33. The van der Waals surface area contributed by atoms with Crippen LogP contribution in [0.1, 0.15) is 36.0 Å². The molecule has 3 rings (SSSR count). The Labute approximate surface area is 178 Å². The van der Waals surface area contributed by atoms with Gasteiger partial charge in [0.15, 0.2) is 0 Å². The zero-order chi connectivity index (χ0) is 17.8. The number of amides is 3. The number of carbonyl (C=O) groups is 3. The predicted molar refractivity (Wildman–Crippen MR) is 93.4 cm³/mol. The second kappa shape index (κ2) is 9.64. The summed E-state index contributed by atoms with van der Waals surface area (Å²) in [4.78, 5) is 34.0. The van der Waals surface area contributed by atoms with Gasteiger partial charge in [-0.3, -0.25) is 4.79 Å². The summed E-state index contributed by atoms with van der Waals surface area (Å²) in [5.41, 5.74) is 0.655. The maximum atomic E-state index is 11.9. The second-order valence-corrected chi connectivity index (χ2v) is 7.55. The van der Waals surface area contributed by atoms with Crippen molar-refractivity contribution >= 4 is 35.4 Å². The fourth-order valence-corrected chi connectivity index (χ4v) is 4.73. The van der Waals surface area contributed by atoms with Crippen LogP contribution < -0.4 is 50.6 Å². The van der Waals surface area contributed by atoms with E-state index in [2.05, 4.69) is 16.0 Å². The first-order chi connectivity index (χ1) is 12.0. The number of benzene rings is 1. The van der Waals surface area contributed by atoms with Crippen LogP contribution in [0.15, 0.2) is 24.3 Å². The van der Waals surface area contributed by atoms with Gasteiger partial charge < -0.3 is 25.9 Å². The van der Waals surface area contributed by atoms with Crippen LogP contribution in [0.2, 0.25) is 0 Å². The van der Waals surface area contributed by atoms with E-state index in [0.717, 1.165) is 25.0 Å². The van der Waals surface area contributed by atoms with Gasteiger partial charge >= 0.3 is 35.6 Å². The standard InChI is InChI=1S/C17H21N3O4S.Na/c21-14(18-11-7-5-10(6-8-11)16(22)23)4-2-1-3-13-15-12(9-25-13)19-17(24)20-15;/h5-8,12-13,15H,1-4,9H2,(H,18,21)(H,22,23)(H2,19,20,24);/q;+1/p-1/t12-,13-,15+;/m0./s1. The van der Waals surface area contributed by atoms with E-state index in [4.69, 9.17) is 0 Å². The molecule has 134 valence electrons. The zero-order valence-corrected chi connectivity index (χ0v) is 17.4. The average Bonchev–Trinajstić information content (AvgIpc) is 3.11. The molecular weight excluding hydrogens is 365 g/mol. The van der Waals surface area contributed by atoms with Gasteiger partial charge in [0.2, 0.25) is 5.91 Å². The molecule has 2 aliphatic heterocycles. The van der Waals surface area contributed by atoms with Crippen LogP contribution in [0.3, 0.4) is 0 Å². The summed E-state index contributed by atoms with van der Waals surface area (Å²) in [7, 11) is 0. The van der Waals surface area contributed by atoms with Crippen molar-refractivity contribution < 1.29 is 49.0 Å². The number of hydrogen-bond donors (Lipinski definition) is 3. The summed E-state index contributed by atoms with van der Waals surface area (Å²) >= 11 is 1.87. The summed E-state index contributed by atoms with van der Waals surface area (Å²) in [6.07, 6.45) is 3.09. The minimum Gasteiger partial charge on any atom is -0.545 e. The fraction of sp³-hybridized carbons (Fsp3) is 0.471. The number of rotatable bonds is 7. The molecule has 2 aliphatic rings. The van der Waals surface area contributed by atoms with E-state index in [0.29, 0.717) is 17.4 Å². The summed E-state index contributed by atoms with van der Waals surface area (Å²) in [5, 5.41) is 19.7. The zero-order valence-electron chi connectivity index (χ0n) is 14.6. The van der Waals surface area contributed by atoms with Crippen molar-refractivity contribution in [1.29, 1.82) is 0 Å². The average molecular weight is 385 g/mol. The molecule has 2 saturated heterocycles. The molecule has 3 N–H and O–H groups in total. The molecule has 0 aliphatic carbocycles. The number of fused-ring (bicyclic) bond motifs is 1. The third-order valence-corrected chi connectivity index (χ3v) is 5.99. The Balaban J connectivity index is 0.00000243. The molecule has 0 aromatic heterocycles. The number of nitrogens with one attached hydrogen (secondary N) is 3. The Morgan fingerprint density at radius 1 is 1.19 bits per heavy atom. The number of carboxylic acids is 1. The normalized spacial score (nSPS) is 23.4. The molecule has 7 nitrogen and oxygen atoms in total.